The number of hydrogen-bond donors (Lipinski definition) is 1. The molecule has 0 bridgehead atoms. The Bertz CT molecular complexity index is 1540. The number of pyridine rings is 1. The summed E-state index contributed by atoms with van der Waals surface area (Å²) in [6, 6.07) is 26.6. The van der Waals surface area contributed by atoms with Crippen LogP contribution in [0.5, 0.6) is 11.6 Å². The Morgan fingerprint density at radius 2 is 1.72 bits per heavy atom. The van der Waals surface area contributed by atoms with Crippen LogP contribution >= 0.6 is 11.6 Å². The number of nitrogens with zero attached hydrogens (tertiary/aromatic N) is 3. The molecule has 0 unspecified atom stereocenters. The highest BCUT2D eigenvalue weighted by Gasteiger charge is 2.18. The zero-order valence-corrected chi connectivity index (χ0v) is 20.5. The topological polar surface area (TPSA) is 78.3 Å². The number of rotatable bonds is 7. The molecule has 3 aromatic carbocycles. The number of amides is 1. The smallest absolute Gasteiger partial charge is 0.262 e. The number of methoxy groups -OCH3 is 1. The van der Waals surface area contributed by atoms with E-state index in [-0.39, 0.29) is 12.5 Å². The van der Waals surface area contributed by atoms with Crippen LogP contribution in [0.15, 0.2) is 84.9 Å². The molecule has 5 rings (SSSR count). The van der Waals surface area contributed by atoms with Gasteiger partial charge in [-0.05, 0) is 48.4 Å². The molecule has 8 heteroatoms. The number of carbonyl (C=O) groups excluding carboxylic acids is 1. The number of ether oxygens (including phenoxy) is 2. The van der Waals surface area contributed by atoms with Crippen LogP contribution in [0, 0.1) is 6.92 Å². The molecular weight excluding hydrogens is 476 g/mol. The van der Waals surface area contributed by atoms with Crippen LogP contribution in [0.3, 0.4) is 0 Å². The normalized spacial score (nSPS) is 10.9. The maximum atomic E-state index is 12.6. The summed E-state index contributed by atoms with van der Waals surface area (Å²) in [7, 11) is 1.53. The Kier molecular flexibility index (Phi) is 6.56. The van der Waals surface area contributed by atoms with Gasteiger partial charge >= 0.3 is 0 Å². The van der Waals surface area contributed by atoms with Crippen molar-refractivity contribution in [1.82, 2.24) is 14.8 Å². The van der Waals surface area contributed by atoms with Crippen LogP contribution in [0.4, 0.5) is 5.69 Å². The lowest BCUT2D eigenvalue weighted by Crippen LogP contribution is -2.20. The van der Waals surface area contributed by atoms with Crippen molar-refractivity contribution >= 4 is 34.2 Å². The molecular formula is C28H23ClN4O3. The lowest BCUT2D eigenvalue weighted by Gasteiger charge is -2.11. The Morgan fingerprint density at radius 3 is 2.42 bits per heavy atom. The highest BCUT2D eigenvalue weighted by atomic mass is 35.5. The van der Waals surface area contributed by atoms with E-state index in [2.05, 4.69) is 5.32 Å². The molecule has 0 aliphatic heterocycles. The molecule has 0 fully saturated rings. The molecule has 2 aromatic heterocycles. The highest BCUT2D eigenvalue weighted by molar-refractivity contribution is 6.32. The molecule has 0 spiro atoms. The average molecular weight is 499 g/mol. The minimum absolute atomic E-state index is 0.227. The summed E-state index contributed by atoms with van der Waals surface area (Å²) in [5, 5.41) is 8.87. The van der Waals surface area contributed by atoms with E-state index in [1.807, 2.05) is 73.7 Å². The number of hydrogen-bond acceptors (Lipinski definition) is 5. The number of fused-ring (bicyclic) bond motifs is 1. The zero-order valence-electron chi connectivity index (χ0n) is 19.7. The number of anilines is 1. The number of nitrogens with one attached hydrogen (secondary N) is 1. The van der Waals surface area contributed by atoms with Gasteiger partial charge in [-0.2, -0.15) is 10.1 Å². The fourth-order valence-electron chi connectivity index (χ4n) is 4.02. The number of aryl methyl sites for hydroxylation is 1. The lowest BCUT2D eigenvalue weighted by atomic mass is 10.0. The van der Waals surface area contributed by atoms with Crippen molar-refractivity contribution in [3.8, 4) is 28.4 Å². The minimum Gasteiger partial charge on any atom is -0.495 e. The summed E-state index contributed by atoms with van der Waals surface area (Å²) >= 11 is 6.16. The van der Waals surface area contributed by atoms with E-state index in [0.29, 0.717) is 28.0 Å². The molecule has 1 amide bonds. The second-order valence-electron chi connectivity index (χ2n) is 8.09. The number of aromatic nitrogens is 3. The first kappa shape index (κ1) is 23.4. The third kappa shape index (κ3) is 4.74. The lowest BCUT2D eigenvalue weighted by molar-refractivity contribution is -0.118. The number of benzene rings is 3. The van der Waals surface area contributed by atoms with Crippen LogP contribution in [-0.2, 0) is 4.79 Å². The van der Waals surface area contributed by atoms with Crippen molar-refractivity contribution in [2.24, 2.45) is 0 Å². The van der Waals surface area contributed by atoms with Crippen molar-refractivity contribution in [2.45, 2.75) is 6.92 Å². The maximum absolute atomic E-state index is 12.6. The Hall–Kier alpha value is -4.36. The van der Waals surface area contributed by atoms with Gasteiger partial charge in [0.25, 0.3) is 5.91 Å². The highest BCUT2D eigenvalue weighted by Crippen LogP contribution is 2.34. The summed E-state index contributed by atoms with van der Waals surface area (Å²) in [6.45, 7) is 1.73. The number of halogens is 1. The van der Waals surface area contributed by atoms with E-state index >= 15 is 0 Å². The van der Waals surface area contributed by atoms with E-state index in [4.69, 9.17) is 31.2 Å². The van der Waals surface area contributed by atoms with Gasteiger partial charge in [0.15, 0.2) is 12.3 Å². The minimum atomic E-state index is -0.341. The molecule has 0 aliphatic carbocycles. The molecule has 36 heavy (non-hydrogen) atoms. The van der Waals surface area contributed by atoms with Gasteiger partial charge in [-0.3, -0.25) is 4.79 Å². The molecule has 0 aliphatic rings. The molecule has 0 saturated heterocycles. The van der Waals surface area contributed by atoms with Gasteiger partial charge in [0.2, 0.25) is 5.88 Å². The number of para-hydroxylation sites is 1. The third-order valence-corrected chi connectivity index (χ3v) is 5.96. The predicted octanol–water partition coefficient (Wildman–Crippen LogP) is 6.08. The summed E-state index contributed by atoms with van der Waals surface area (Å²) in [5.74, 6) is 0.510. The molecule has 1 N–H and O–H groups in total. The van der Waals surface area contributed by atoms with E-state index in [9.17, 15) is 4.79 Å². The van der Waals surface area contributed by atoms with Crippen LogP contribution in [0.2, 0.25) is 5.02 Å². The summed E-state index contributed by atoms with van der Waals surface area (Å²) in [6.07, 6.45) is 0. The van der Waals surface area contributed by atoms with Gasteiger partial charge in [-0.15, -0.1) is 0 Å². The average Bonchev–Trinajstić information content (AvgIpc) is 3.24. The largest absolute Gasteiger partial charge is 0.495 e. The third-order valence-electron chi connectivity index (χ3n) is 5.66. The molecule has 180 valence electrons. The first-order chi connectivity index (χ1) is 17.5. The Balaban J connectivity index is 1.48. The van der Waals surface area contributed by atoms with Gasteiger partial charge < -0.3 is 14.8 Å². The second-order valence-corrected chi connectivity index (χ2v) is 8.50. The van der Waals surface area contributed by atoms with Gasteiger partial charge in [0.05, 0.1) is 28.9 Å². The van der Waals surface area contributed by atoms with Gasteiger partial charge in [-0.1, -0.05) is 60.1 Å². The van der Waals surface area contributed by atoms with E-state index in [1.165, 1.54) is 7.11 Å². The summed E-state index contributed by atoms with van der Waals surface area (Å²) < 4.78 is 12.8. The van der Waals surface area contributed by atoms with Crippen LogP contribution in [-0.4, -0.2) is 34.4 Å². The summed E-state index contributed by atoms with van der Waals surface area (Å²) in [4.78, 5) is 17.3. The Morgan fingerprint density at radius 1 is 1.00 bits per heavy atom. The predicted molar refractivity (Wildman–Crippen MR) is 141 cm³/mol. The quantitative estimate of drug-likeness (QED) is 0.294. The van der Waals surface area contributed by atoms with Crippen molar-refractivity contribution in [3.05, 3.63) is 95.6 Å². The van der Waals surface area contributed by atoms with Crippen molar-refractivity contribution in [2.75, 3.05) is 19.0 Å². The fraction of sp³-hybridized carbons (Fsp3) is 0.107. The summed E-state index contributed by atoms with van der Waals surface area (Å²) in [5.41, 5.74) is 4.85. The zero-order chi connectivity index (χ0) is 25.1. The Labute approximate surface area is 213 Å². The SMILES string of the molecule is COc1ccc(NC(=O)COc2cc(-c3ccccc3)c3c(C)nn(-c4ccccc4)c3n2)cc1Cl. The number of carbonyl (C=O) groups is 1. The van der Waals surface area contributed by atoms with Crippen molar-refractivity contribution in [3.63, 3.8) is 0 Å². The second kappa shape index (κ2) is 10.1. The van der Waals surface area contributed by atoms with Crippen LogP contribution in [0.1, 0.15) is 5.69 Å². The van der Waals surface area contributed by atoms with Crippen molar-refractivity contribution in [1.29, 1.82) is 0 Å². The monoisotopic (exact) mass is 498 g/mol. The van der Waals surface area contributed by atoms with Crippen LogP contribution < -0.4 is 14.8 Å². The standard InChI is InChI=1S/C28H23ClN4O3/c1-18-27-22(19-9-5-3-6-10-19)16-26(31-28(27)33(32-18)21-11-7-4-8-12-21)36-17-25(34)30-20-13-14-24(35-2)23(29)15-20/h3-16H,17H2,1-2H3,(H,30,34). The fourth-order valence-corrected chi connectivity index (χ4v) is 4.27. The first-order valence-corrected chi connectivity index (χ1v) is 11.7. The molecule has 7 nitrogen and oxygen atoms in total. The van der Waals surface area contributed by atoms with Crippen LogP contribution in [0.25, 0.3) is 27.8 Å². The van der Waals surface area contributed by atoms with Crippen molar-refractivity contribution < 1.29 is 14.3 Å². The molecule has 0 saturated carbocycles. The van der Waals surface area contributed by atoms with Gasteiger partial charge in [0.1, 0.15) is 5.75 Å². The van der Waals surface area contributed by atoms with E-state index in [0.717, 1.165) is 27.9 Å². The molecule has 0 atom stereocenters. The molecule has 2 heterocycles. The molecule has 5 aromatic rings. The molecule has 0 radical (unpaired) electrons. The first-order valence-electron chi connectivity index (χ1n) is 11.3. The van der Waals surface area contributed by atoms with E-state index < -0.39 is 0 Å². The van der Waals surface area contributed by atoms with Gasteiger partial charge in [-0.25, -0.2) is 4.68 Å². The maximum Gasteiger partial charge on any atom is 0.262 e. The van der Waals surface area contributed by atoms with Gasteiger partial charge in [0, 0.05) is 11.8 Å². The van der Waals surface area contributed by atoms with E-state index in [1.54, 1.807) is 22.9 Å².